The first kappa shape index (κ1) is 28.7. The monoisotopic (exact) mass is 534 g/mol. The van der Waals surface area contributed by atoms with E-state index in [1.165, 1.54) is 17.1 Å². The number of nitrogens with zero attached hydrogens (tertiary/aromatic N) is 5. The van der Waals surface area contributed by atoms with Crippen LogP contribution in [-0.2, 0) is 11.2 Å². The third-order valence-corrected chi connectivity index (χ3v) is 6.50. The fourth-order valence-electron chi connectivity index (χ4n) is 4.78. The second kappa shape index (κ2) is 13.6. The van der Waals surface area contributed by atoms with Crippen LogP contribution >= 0.6 is 12.4 Å². The van der Waals surface area contributed by atoms with E-state index < -0.39 is 5.82 Å². The van der Waals surface area contributed by atoms with Gasteiger partial charge in [-0.3, -0.25) is 4.79 Å². The van der Waals surface area contributed by atoms with Gasteiger partial charge < -0.3 is 19.4 Å². The molecule has 0 spiro atoms. The topological polar surface area (TPSA) is 98.3 Å². The summed E-state index contributed by atoms with van der Waals surface area (Å²) >= 11 is 0. The Hall–Kier alpha value is -2.82. The molecule has 3 heterocycles. The van der Waals surface area contributed by atoms with Crippen molar-refractivity contribution in [1.82, 2.24) is 30.2 Å². The number of hydrogen-bond donors (Lipinski definition) is 1. The maximum atomic E-state index is 14.7. The Bertz CT molecular complexity index is 1120. The smallest absolute Gasteiger partial charge is 0.276 e. The van der Waals surface area contributed by atoms with Gasteiger partial charge in [-0.15, -0.1) is 17.5 Å². The van der Waals surface area contributed by atoms with Crippen molar-refractivity contribution < 1.29 is 18.3 Å². The second-order valence-corrected chi connectivity index (χ2v) is 9.70. The zero-order chi connectivity index (χ0) is 25.5. The number of para-hydroxylation sites is 1. The third kappa shape index (κ3) is 6.94. The van der Waals surface area contributed by atoms with E-state index in [0.717, 1.165) is 31.6 Å². The number of unbranched alkanes of at least 4 members (excludes halogenated alkanes) is 1. The Morgan fingerprint density at radius 3 is 2.81 bits per heavy atom. The number of piperidine rings is 1. The number of rotatable bonds is 11. The van der Waals surface area contributed by atoms with Crippen LogP contribution in [0.3, 0.4) is 0 Å². The molecular weight excluding hydrogens is 499 g/mol. The number of hydrogen-bond acceptors (Lipinski definition) is 7. The molecule has 37 heavy (non-hydrogen) atoms. The average molecular weight is 535 g/mol. The number of aromatic nitrogens is 4. The van der Waals surface area contributed by atoms with Gasteiger partial charge in [-0.25, -0.2) is 14.1 Å². The molecule has 202 valence electrons. The molecule has 0 radical (unpaired) electrons. The molecule has 1 aromatic carbocycles. The van der Waals surface area contributed by atoms with Crippen molar-refractivity contribution in [3.63, 3.8) is 0 Å². The Morgan fingerprint density at radius 1 is 1.30 bits per heavy atom. The van der Waals surface area contributed by atoms with Crippen molar-refractivity contribution in [2.45, 2.75) is 51.5 Å². The number of oxazole rings is 1. The van der Waals surface area contributed by atoms with Crippen molar-refractivity contribution in [3.05, 3.63) is 59.8 Å². The summed E-state index contributed by atoms with van der Waals surface area (Å²) < 4.78 is 26.9. The molecule has 11 heteroatoms. The van der Waals surface area contributed by atoms with Crippen molar-refractivity contribution in [2.24, 2.45) is 5.92 Å². The average Bonchev–Trinajstić information content (AvgIpc) is 3.56. The molecule has 4 rings (SSSR count). The van der Waals surface area contributed by atoms with Crippen molar-refractivity contribution in [2.75, 3.05) is 33.4 Å². The zero-order valence-electron chi connectivity index (χ0n) is 21.6. The molecule has 1 aliphatic heterocycles. The van der Waals surface area contributed by atoms with Crippen LogP contribution in [0, 0.1) is 11.7 Å². The summed E-state index contributed by atoms with van der Waals surface area (Å²) in [5.41, 5.74) is 1.18. The van der Waals surface area contributed by atoms with Gasteiger partial charge in [-0.2, -0.15) is 0 Å². The molecule has 1 saturated heterocycles. The molecule has 1 aliphatic rings. The predicted molar refractivity (Wildman–Crippen MR) is 140 cm³/mol. The van der Waals surface area contributed by atoms with Gasteiger partial charge in [-0.1, -0.05) is 31.2 Å². The Morgan fingerprint density at radius 2 is 2.11 bits per heavy atom. The van der Waals surface area contributed by atoms with Gasteiger partial charge in [0, 0.05) is 45.3 Å². The highest BCUT2D eigenvalue weighted by Gasteiger charge is 2.35. The summed E-state index contributed by atoms with van der Waals surface area (Å²) in [6.07, 6.45) is 6.04. The van der Waals surface area contributed by atoms with Crippen LogP contribution in [-0.4, -0.2) is 70.2 Å². The van der Waals surface area contributed by atoms with E-state index in [4.69, 9.17) is 9.15 Å². The van der Waals surface area contributed by atoms with Gasteiger partial charge in [0.05, 0.1) is 11.9 Å². The lowest BCUT2D eigenvalue weighted by atomic mass is 9.92. The Balaban J connectivity index is 0.00000380. The van der Waals surface area contributed by atoms with Crippen LogP contribution in [0.25, 0.3) is 5.69 Å². The fourth-order valence-corrected chi connectivity index (χ4v) is 4.78. The molecule has 2 atom stereocenters. The van der Waals surface area contributed by atoms with E-state index in [0.29, 0.717) is 31.8 Å². The van der Waals surface area contributed by atoms with Gasteiger partial charge in [-0.05, 0) is 43.7 Å². The first-order valence-corrected chi connectivity index (χ1v) is 12.6. The Kier molecular flexibility index (Phi) is 10.6. The first-order chi connectivity index (χ1) is 17.5. The summed E-state index contributed by atoms with van der Waals surface area (Å²) in [6, 6.07) is 6.36. The normalized spacial score (nSPS) is 17.5. The minimum atomic E-state index is -0.412. The molecule has 0 unspecified atom stereocenters. The minimum absolute atomic E-state index is 0. The molecular formula is C26H36ClFN6O3. The molecule has 2 aromatic heterocycles. The largest absolute Gasteiger partial charge is 0.448 e. The lowest BCUT2D eigenvalue weighted by molar-refractivity contribution is 0.0597. The van der Waals surface area contributed by atoms with Crippen LogP contribution in [0.2, 0.25) is 0 Å². The maximum Gasteiger partial charge on any atom is 0.276 e. The van der Waals surface area contributed by atoms with Gasteiger partial charge in [0.2, 0.25) is 0 Å². The molecule has 0 aliphatic carbocycles. The third-order valence-electron chi connectivity index (χ3n) is 6.50. The summed E-state index contributed by atoms with van der Waals surface area (Å²) in [7, 11) is 1.66. The van der Waals surface area contributed by atoms with E-state index in [2.05, 4.69) is 34.5 Å². The highest BCUT2D eigenvalue weighted by Crippen LogP contribution is 2.28. The van der Waals surface area contributed by atoms with Crippen LogP contribution in [0.1, 0.15) is 61.0 Å². The van der Waals surface area contributed by atoms with Crippen molar-refractivity contribution in [1.29, 1.82) is 0 Å². The van der Waals surface area contributed by atoms with E-state index >= 15 is 0 Å². The van der Waals surface area contributed by atoms with Gasteiger partial charge >= 0.3 is 0 Å². The Labute approximate surface area is 223 Å². The van der Waals surface area contributed by atoms with E-state index in [1.807, 2.05) is 4.90 Å². The second-order valence-electron chi connectivity index (χ2n) is 9.70. The van der Waals surface area contributed by atoms with Gasteiger partial charge in [0.25, 0.3) is 5.91 Å². The molecule has 1 amide bonds. The van der Waals surface area contributed by atoms with Crippen LogP contribution in [0.5, 0.6) is 0 Å². The zero-order valence-corrected chi connectivity index (χ0v) is 22.4. The number of benzene rings is 1. The van der Waals surface area contributed by atoms with E-state index in [9.17, 15) is 9.18 Å². The summed E-state index contributed by atoms with van der Waals surface area (Å²) in [5.74, 6) is 0.596. The number of carbonyl (C=O) groups is 1. The molecule has 1 N–H and O–H groups in total. The number of halogens is 2. The minimum Gasteiger partial charge on any atom is -0.448 e. The fraction of sp³-hybridized carbons (Fsp3) is 0.538. The molecule has 1 fully saturated rings. The number of nitrogens with one attached hydrogen (secondary N) is 1. The number of carbonyl (C=O) groups excluding carboxylic acids is 1. The first-order valence-electron chi connectivity index (χ1n) is 12.6. The molecule has 3 aromatic rings. The standard InChI is InChI=1S/C26H35FN6O3.ClH/c1-18(2)16-32(20-12-19(13-28-14-20)24-15-29-17-36-24)26(34)25-23(10-6-7-11-35-3)33(31-30-25)22-9-5-4-8-21(22)27;/h4-5,8-9,15,17-20,28H,6-7,10-14,16H2,1-3H3;1H/t19-,20+;/m1./s1. The summed E-state index contributed by atoms with van der Waals surface area (Å²) in [5, 5.41) is 12.0. The van der Waals surface area contributed by atoms with Crippen molar-refractivity contribution >= 4 is 18.3 Å². The van der Waals surface area contributed by atoms with Crippen LogP contribution in [0.4, 0.5) is 4.39 Å². The van der Waals surface area contributed by atoms with Crippen molar-refractivity contribution in [3.8, 4) is 5.69 Å². The highest BCUT2D eigenvalue weighted by molar-refractivity contribution is 5.93. The van der Waals surface area contributed by atoms with E-state index in [1.54, 1.807) is 31.5 Å². The lowest BCUT2D eigenvalue weighted by Gasteiger charge is -2.38. The molecule has 0 bridgehead atoms. The molecule has 0 saturated carbocycles. The number of methoxy groups -OCH3 is 1. The lowest BCUT2D eigenvalue weighted by Crippen LogP contribution is -2.52. The van der Waals surface area contributed by atoms with Crippen LogP contribution < -0.4 is 5.32 Å². The van der Waals surface area contributed by atoms with Crippen LogP contribution in [0.15, 0.2) is 41.3 Å². The number of amides is 1. The SMILES string of the molecule is COCCCCc1c(C(=O)N(CC(C)C)[C@@H]2CNC[C@H](c3cnco3)C2)nnn1-c1ccccc1F.Cl. The summed E-state index contributed by atoms with van der Waals surface area (Å²) in [6.45, 7) is 6.81. The highest BCUT2D eigenvalue weighted by atomic mass is 35.5. The van der Waals surface area contributed by atoms with Gasteiger partial charge in [0.15, 0.2) is 12.1 Å². The summed E-state index contributed by atoms with van der Waals surface area (Å²) in [4.78, 5) is 20.0. The van der Waals surface area contributed by atoms with Gasteiger partial charge in [0.1, 0.15) is 17.3 Å². The quantitative estimate of drug-likeness (QED) is 0.371. The maximum absolute atomic E-state index is 14.7. The predicted octanol–water partition coefficient (Wildman–Crippen LogP) is 4.03. The molecule has 9 nitrogen and oxygen atoms in total. The van der Waals surface area contributed by atoms with E-state index in [-0.39, 0.29) is 47.6 Å². The number of ether oxygens (including phenoxy) is 1.